The number of amides is 2. The van der Waals surface area contributed by atoms with Gasteiger partial charge >= 0.3 is 6.03 Å². The summed E-state index contributed by atoms with van der Waals surface area (Å²) in [5.41, 5.74) is 9.43. The molecule has 8 nitrogen and oxygen atoms in total. The van der Waals surface area contributed by atoms with Gasteiger partial charge in [-0.05, 0) is 69.8 Å². The predicted molar refractivity (Wildman–Crippen MR) is 140 cm³/mol. The summed E-state index contributed by atoms with van der Waals surface area (Å²) in [6.45, 7) is 6.43. The van der Waals surface area contributed by atoms with Gasteiger partial charge in [-0.25, -0.2) is 14.8 Å². The number of likely N-dealkylation sites (tertiary alicyclic amines) is 1. The lowest BCUT2D eigenvalue weighted by Gasteiger charge is -2.47. The zero-order valence-corrected chi connectivity index (χ0v) is 21.5. The lowest BCUT2D eigenvalue weighted by molar-refractivity contribution is 0.0624. The number of hydrogen-bond donors (Lipinski definition) is 2. The molecule has 2 aliphatic rings. The molecule has 1 fully saturated rings. The maximum atomic E-state index is 13.5. The molecule has 3 N–H and O–H groups in total. The number of piperidine rings is 1. The highest BCUT2D eigenvalue weighted by Crippen LogP contribution is 2.34. The van der Waals surface area contributed by atoms with Crippen molar-refractivity contribution in [2.75, 3.05) is 52.6 Å². The number of nitrogen functional groups attached to an aromatic ring is 1. The minimum atomic E-state index is 0.0467. The number of likely N-dealkylation sites (N-methyl/N-ethyl adjacent to an activating group) is 1. The topological polar surface area (TPSA) is 90.6 Å². The van der Waals surface area contributed by atoms with Crippen LogP contribution in [0.25, 0.3) is 0 Å². The van der Waals surface area contributed by atoms with E-state index < -0.39 is 0 Å². The number of anilines is 1. The molecule has 2 amide bonds. The van der Waals surface area contributed by atoms with Crippen LogP contribution in [0, 0.1) is 5.92 Å². The smallest absolute Gasteiger partial charge is 0.317 e. The number of hydrogen-bond acceptors (Lipinski definition) is 6. The first kappa shape index (κ1) is 25.4. The van der Waals surface area contributed by atoms with Crippen LogP contribution >= 0.6 is 0 Å². The van der Waals surface area contributed by atoms with Gasteiger partial charge < -0.3 is 20.9 Å². The first-order chi connectivity index (χ1) is 16.9. The third-order valence-corrected chi connectivity index (χ3v) is 7.37. The second-order valence-electron chi connectivity index (χ2n) is 10.3. The van der Waals surface area contributed by atoms with Gasteiger partial charge in [-0.1, -0.05) is 37.3 Å². The number of nitrogens with two attached hydrogens (primary N) is 1. The van der Waals surface area contributed by atoms with Crippen molar-refractivity contribution in [2.24, 2.45) is 5.92 Å². The third kappa shape index (κ3) is 6.70. The van der Waals surface area contributed by atoms with E-state index in [9.17, 15) is 4.79 Å². The third-order valence-electron chi connectivity index (χ3n) is 7.37. The Balaban J connectivity index is 1.43. The second-order valence-corrected chi connectivity index (χ2v) is 10.3. The molecule has 0 spiro atoms. The molecular weight excluding hydrogens is 438 g/mol. The average Bonchev–Trinajstić information content (AvgIpc) is 2.83. The fourth-order valence-electron chi connectivity index (χ4n) is 5.57. The van der Waals surface area contributed by atoms with Crippen molar-refractivity contribution in [3.63, 3.8) is 0 Å². The summed E-state index contributed by atoms with van der Waals surface area (Å²) in [4.78, 5) is 28.9. The Morgan fingerprint density at radius 2 is 1.97 bits per heavy atom. The van der Waals surface area contributed by atoms with Gasteiger partial charge in [0.05, 0.1) is 0 Å². The van der Waals surface area contributed by atoms with Crippen LogP contribution in [0.4, 0.5) is 10.7 Å². The molecular formula is C27H41N7O. The summed E-state index contributed by atoms with van der Waals surface area (Å²) in [6, 6.07) is 11.1. The summed E-state index contributed by atoms with van der Waals surface area (Å²) >= 11 is 0. The monoisotopic (exact) mass is 479 g/mol. The van der Waals surface area contributed by atoms with Crippen LogP contribution in [0.2, 0.25) is 0 Å². The molecule has 1 aromatic heterocycles. The number of carbonyl (C=O) groups excluding carboxylic acids is 1. The number of urea groups is 1. The Morgan fingerprint density at radius 3 is 2.71 bits per heavy atom. The average molecular weight is 480 g/mol. The number of aromatic nitrogens is 2. The Hall–Kier alpha value is -2.71. The molecule has 3 unspecified atom stereocenters. The zero-order valence-electron chi connectivity index (χ0n) is 21.5. The molecule has 35 heavy (non-hydrogen) atoms. The van der Waals surface area contributed by atoms with Crippen LogP contribution in [0.15, 0.2) is 36.5 Å². The quantitative estimate of drug-likeness (QED) is 0.574. The van der Waals surface area contributed by atoms with E-state index in [1.54, 1.807) is 0 Å². The lowest BCUT2D eigenvalue weighted by atomic mass is 9.76. The number of fused-ring (bicyclic) bond motifs is 2. The molecule has 1 aliphatic heterocycles. The SMILES string of the molecule is CCCN1CC(NC(=O)N(CCc2ccccc2)CCN(C)C)CC2Cc3nc(N)ncc3CC21. The van der Waals surface area contributed by atoms with Crippen LogP contribution in [-0.2, 0) is 19.3 Å². The Bertz CT molecular complexity index is 967. The van der Waals surface area contributed by atoms with Gasteiger partial charge in [0.15, 0.2) is 0 Å². The first-order valence-electron chi connectivity index (χ1n) is 13.0. The van der Waals surface area contributed by atoms with E-state index in [0.717, 1.165) is 57.4 Å². The number of carbonyl (C=O) groups is 1. The van der Waals surface area contributed by atoms with E-state index in [2.05, 4.69) is 70.4 Å². The van der Waals surface area contributed by atoms with Gasteiger partial charge in [-0.3, -0.25) is 4.90 Å². The minimum absolute atomic E-state index is 0.0467. The molecule has 1 aromatic carbocycles. The highest BCUT2D eigenvalue weighted by Gasteiger charge is 2.40. The van der Waals surface area contributed by atoms with E-state index in [1.165, 1.54) is 11.1 Å². The largest absolute Gasteiger partial charge is 0.368 e. The molecule has 0 bridgehead atoms. The first-order valence-corrected chi connectivity index (χ1v) is 13.0. The van der Waals surface area contributed by atoms with Crippen molar-refractivity contribution < 1.29 is 4.79 Å². The summed E-state index contributed by atoms with van der Waals surface area (Å²) in [5, 5.41) is 3.41. The normalized spacial score (nSPS) is 21.9. The second kappa shape index (κ2) is 11.8. The maximum absolute atomic E-state index is 13.5. The van der Waals surface area contributed by atoms with Gasteiger partial charge in [0.2, 0.25) is 5.95 Å². The summed E-state index contributed by atoms with van der Waals surface area (Å²) in [7, 11) is 4.10. The van der Waals surface area contributed by atoms with Crippen molar-refractivity contribution >= 4 is 12.0 Å². The van der Waals surface area contributed by atoms with E-state index in [4.69, 9.17) is 5.73 Å². The molecule has 3 atom stereocenters. The maximum Gasteiger partial charge on any atom is 0.317 e. The number of nitrogens with one attached hydrogen (secondary N) is 1. The molecule has 8 heteroatoms. The zero-order chi connectivity index (χ0) is 24.8. The predicted octanol–water partition coefficient (Wildman–Crippen LogP) is 2.44. The Morgan fingerprint density at radius 1 is 1.17 bits per heavy atom. The van der Waals surface area contributed by atoms with E-state index in [1.807, 2.05) is 17.2 Å². The number of benzene rings is 1. The van der Waals surface area contributed by atoms with E-state index in [-0.39, 0.29) is 12.1 Å². The van der Waals surface area contributed by atoms with E-state index >= 15 is 0 Å². The molecule has 2 aromatic rings. The van der Waals surface area contributed by atoms with E-state index in [0.29, 0.717) is 31.0 Å². The van der Waals surface area contributed by atoms with Crippen molar-refractivity contribution in [2.45, 2.75) is 51.1 Å². The van der Waals surface area contributed by atoms with Crippen LogP contribution in [0.5, 0.6) is 0 Å². The van der Waals surface area contributed by atoms with Crippen LogP contribution < -0.4 is 11.1 Å². The van der Waals surface area contributed by atoms with Gasteiger partial charge in [0.1, 0.15) is 0 Å². The van der Waals surface area contributed by atoms with Crippen LogP contribution in [-0.4, -0.2) is 89.6 Å². The Kier molecular flexibility index (Phi) is 8.57. The highest BCUT2D eigenvalue weighted by atomic mass is 16.2. The van der Waals surface area contributed by atoms with Crippen molar-refractivity contribution in [3.05, 3.63) is 53.3 Å². The van der Waals surface area contributed by atoms with Crippen molar-refractivity contribution in [3.8, 4) is 0 Å². The molecule has 0 radical (unpaired) electrons. The fraction of sp³-hybridized carbons (Fsp3) is 0.593. The van der Waals surface area contributed by atoms with Crippen molar-refractivity contribution in [1.29, 1.82) is 0 Å². The van der Waals surface area contributed by atoms with Gasteiger partial charge in [-0.2, -0.15) is 0 Å². The molecule has 190 valence electrons. The molecule has 1 saturated heterocycles. The molecule has 4 rings (SSSR count). The van der Waals surface area contributed by atoms with Gasteiger partial charge in [0, 0.05) is 50.2 Å². The standard InChI is InChI=1S/C27H41N7O/c1-4-11-34-19-23(15-21-16-24-22(17-25(21)34)18-29-26(28)31-24)30-27(35)33(14-13-32(2)3)12-10-20-8-6-5-7-9-20/h5-9,18,21,23,25H,4,10-17,19H2,1-3H3,(H,30,35)(H2,28,29,31). The number of nitrogens with zero attached hydrogens (tertiary/aromatic N) is 5. The van der Waals surface area contributed by atoms with Crippen LogP contribution in [0.1, 0.15) is 36.6 Å². The summed E-state index contributed by atoms with van der Waals surface area (Å²) in [6.07, 6.45) is 6.70. The van der Waals surface area contributed by atoms with Gasteiger partial charge in [-0.15, -0.1) is 0 Å². The molecule has 0 saturated carbocycles. The highest BCUT2D eigenvalue weighted by molar-refractivity contribution is 5.74. The summed E-state index contributed by atoms with van der Waals surface area (Å²) in [5.74, 6) is 0.810. The molecule has 2 heterocycles. The van der Waals surface area contributed by atoms with Gasteiger partial charge in [0.25, 0.3) is 0 Å². The lowest BCUT2D eigenvalue weighted by Crippen LogP contribution is -2.59. The number of rotatable bonds is 9. The molecule has 1 aliphatic carbocycles. The summed E-state index contributed by atoms with van der Waals surface area (Å²) < 4.78 is 0. The van der Waals surface area contributed by atoms with Crippen molar-refractivity contribution in [1.82, 2.24) is 30.0 Å². The Labute approximate surface area is 209 Å². The minimum Gasteiger partial charge on any atom is -0.368 e. The fourth-order valence-corrected chi connectivity index (χ4v) is 5.57. The van der Waals surface area contributed by atoms with Crippen LogP contribution in [0.3, 0.4) is 0 Å².